The molecular weight excluding hydrogens is 316 g/mol. The van der Waals surface area contributed by atoms with Crippen LogP contribution >= 0.6 is 12.4 Å². The normalized spacial score (nSPS) is 12.0. The molecule has 0 fully saturated rings. The number of carbonyl (C=O) groups excluding carboxylic acids is 1. The number of non-ortho nitro benzene ring substituents is 1. The van der Waals surface area contributed by atoms with E-state index in [1.807, 2.05) is 0 Å². The first-order valence-electron chi connectivity index (χ1n) is 6.06. The third kappa shape index (κ3) is 3.58. The molecule has 9 heteroatoms. The Labute approximate surface area is 133 Å². The SMILES string of the molecule is COC(=O)C(C)(C)[C@H](N)c1cc([N+](=O)[O-])cc(OC)c1O.Cl. The number of nitrogens with zero attached hydrogens (tertiary/aromatic N) is 1. The lowest BCUT2D eigenvalue weighted by molar-refractivity contribution is -0.385. The van der Waals surface area contributed by atoms with Crippen LogP contribution in [0, 0.1) is 15.5 Å². The molecule has 0 saturated carbocycles. The number of hydrogen-bond donors (Lipinski definition) is 2. The van der Waals surface area contributed by atoms with E-state index in [0.29, 0.717) is 0 Å². The predicted octanol–water partition coefficient (Wildman–Crippen LogP) is 1.93. The maximum Gasteiger partial charge on any atom is 0.313 e. The quantitative estimate of drug-likeness (QED) is 0.478. The van der Waals surface area contributed by atoms with Crippen molar-refractivity contribution >= 4 is 24.1 Å². The molecule has 1 aromatic rings. The van der Waals surface area contributed by atoms with Crippen LogP contribution in [-0.4, -0.2) is 30.2 Å². The molecule has 1 atom stereocenters. The van der Waals surface area contributed by atoms with E-state index in [-0.39, 0.29) is 35.2 Å². The van der Waals surface area contributed by atoms with Crippen LogP contribution in [0.25, 0.3) is 0 Å². The summed E-state index contributed by atoms with van der Waals surface area (Å²) in [7, 11) is 2.48. The van der Waals surface area contributed by atoms with E-state index in [4.69, 9.17) is 10.5 Å². The average molecular weight is 335 g/mol. The number of ether oxygens (including phenoxy) is 2. The highest BCUT2D eigenvalue weighted by Crippen LogP contribution is 2.42. The van der Waals surface area contributed by atoms with Crippen molar-refractivity contribution in [1.82, 2.24) is 0 Å². The number of hydrogen-bond acceptors (Lipinski definition) is 7. The summed E-state index contributed by atoms with van der Waals surface area (Å²) >= 11 is 0. The molecule has 0 aromatic heterocycles. The summed E-state index contributed by atoms with van der Waals surface area (Å²) in [6.07, 6.45) is 0. The summed E-state index contributed by atoms with van der Waals surface area (Å²) in [5.41, 5.74) is 4.56. The number of carbonyl (C=O) groups is 1. The van der Waals surface area contributed by atoms with Crippen LogP contribution in [0.1, 0.15) is 25.5 Å². The number of phenols is 1. The first kappa shape index (κ1) is 19.9. The van der Waals surface area contributed by atoms with E-state index < -0.39 is 22.3 Å². The minimum absolute atomic E-state index is 0. The van der Waals surface area contributed by atoms with Crippen molar-refractivity contribution in [2.24, 2.45) is 11.1 Å². The Morgan fingerprint density at radius 2 is 1.95 bits per heavy atom. The molecule has 0 aliphatic heterocycles. The largest absolute Gasteiger partial charge is 0.504 e. The van der Waals surface area contributed by atoms with Crippen molar-refractivity contribution in [3.8, 4) is 11.5 Å². The van der Waals surface area contributed by atoms with Gasteiger partial charge in [0, 0.05) is 17.7 Å². The maximum absolute atomic E-state index is 11.8. The van der Waals surface area contributed by atoms with Crippen LogP contribution in [0.2, 0.25) is 0 Å². The third-order valence-electron chi connectivity index (χ3n) is 3.34. The summed E-state index contributed by atoms with van der Waals surface area (Å²) < 4.78 is 9.57. The average Bonchev–Trinajstić information content (AvgIpc) is 2.45. The van der Waals surface area contributed by atoms with Crippen LogP contribution < -0.4 is 10.5 Å². The van der Waals surface area contributed by atoms with Crippen molar-refractivity contribution in [3.05, 3.63) is 27.8 Å². The summed E-state index contributed by atoms with van der Waals surface area (Å²) in [6.45, 7) is 3.04. The number of nitro groups is 1. The van der Waals surface area contributed by atoms with E-state index >= 15 is 0 Å². The van der Waals surface area contributed by atoms with E-state index in [1.54, 1.807) is 0 Å². The van der Waals surface area contributed by atoms with Crippen molar-refractivity contribution in [1.29, 1.82) is 0 Å². The molecule has 0 aliphatic carbocycles. The zero-order chi connectivity index (χ0) is 16.4. The number of methoxy groups -OCH3 is 2. The number of nitro benzene ring substituents is 1. The number of benzene rings is 1. The second-order valence-corrected chi connectivity index (χ2v) is 5.03. The first-order chi connectivity index (χ1) is 9.66. The molecular formula is C13H19ClN2O6. The van der Waals surface area contributed by atoms with Gasteiger partial charge in [-0.05, 0) is 13.8 Å². The number of halogens is 1. The van der Waals surface area contributed by atoms with Gasteiger partial charge in [0.05, 0.1) is 30.6 Å². The highest BCUT2D eigenvalue weighted by atomic mass is 35.5. The molecule has 0 spiro atoms. The summed E-state index contributed by atoms with van der Waals surface area (Å²) in [4.78, 5) is 22.1. The van der Waals surface area contributed by atoms with E-state index in [1.165, 1.54) is 28.1 Å². The lowest BCUT2D eigenvalue weighted by Crippen LogP contribution is -2.37. The minimum Gasteiger partial charge on any atom is -0.504 e. The number of esters is 1. The van der Waals surface area contributed by atoms with Gasteiger partial charge in [-0.1, -0.05) is 0 Å². The molecule has 8 nitrogen and oxygen atoms in total. The Morgan fingerprint density at radius 1 is 1.41 bits per heavy atom. The minimum atomic E-state index is -1.19. The van der Waals surface area contributed by atoms with Gasteiger partial charge in [-0.3, -0.25) is 14.9 Å². The van der Waals surface area contributed by atoms with Gasteiger partial charge < -0.3 is 20.3 Å². The molecule has 3 N–H and O–H groups in total. The molecule has 22 heavy (non-hydrogen) atoms. The highest BCUT2D eigenvalue weighted by molar-refractivity contribution is 5.85. The molecule has 0 heterocycles. The molecule has 0 saturated heterocycles. The number of rotatable bonds is 5. The van der Waals surface area contributed by atoms with Crippen molar-refractivity contribution in [2.75, 3.05) is 14.2 Å². The Morgan fingerprint density at radius 3 is 2.36 bits per heavy atom. The summed E-state index contributed by atoms with van der Waals surface area (Å²) in [5.74, 6) is -1.03. The molecule has 1 rings (SSSR count). The van der Waals surface area contributed by atoms with Gasteiger partial charge >= 0.3 is 5.97 Å². The van der Waals surface area contributed by atoms with Gasteiger partial charge in [-0.2, -0.15) is 0 Å². The fourth-order valence-corrected chi connectivity index (χ4v) is 1.89. The van der Waals surface area contributed by atoms with Gasteiger partial charge in [-0.15, -0.1) is 12.4 Å². The predicted molar refractivity (Wildman–Crippen MR) is 81.3 cm³/mol. The Bertz CT molecular complexity index is 576. The van der Waals surface area contributed by atoms with Gasteiger partial charge in [0.1, 0.15) is 0 Å². The standard InChI is InChI=1S/C13H18N2O6.ClH/c1-13(2,12(17)21-4)11(14)8-5-7(15(18)19)6-9(20-3)10(8)16;/h5-6,11,16H,14H2,1-4H3;1H/t11-;/m1./s1. The van der Waals surface area contributed by atoms with Crippen molar-refractivity contribution in [3.63, 3.8) is 0 Å². The van der Waals surface area contributed by atoms with E-state index in [2.05, 4.69) is 4.74 Å². The van der Waals surface area contributed by atoms with E-state index in [0.717, 1.165) is 12.1 Å². The lowest BCUT2D eigenvalue weighted by atomic mass is 9.80. The Balaban J connectivity index is 0.00000441. The fraction of sp³-hybridized carbons (Fsp3) is 0.462. The molecule has 0 amide bonds. The maximum atomic E-state index is 11.8. The van der Waals surface area contributed by atoms with E-state index in [9.17, 15) is 20.0 Å². The Kier molecular flexibility index (Phi) is 6.60. The van der Waals surface area contributed by atoms with Gasteiger partial charge in [-0.25, -0.2) is 0 Å². The number of nitrogens with two attached hydrogens (primary N) is 1. The van der Waals surface area contributed by atoms with Crippen LogP contribution in [0.15, 0.2) is 12.1 Å². The second kappa shape index (κ2) is 7.28. The smallest absolute Gasteiger partial charge is 0.313 e. The lowest BCUT2D eigenvalue weighted by Gasteiger charge is -2.29. The third-order valence-corrected chi connectivity index (χ3v) is 3.34. The summed E-state index contributed by atoms with van der Waals surface area (Å²) in [5, 5.41) is 21.0. The molecule has 1 aromatic carbocycles. The van der Waals surface area contributed by atoms with Gasteiger partial charge in [0.25, 0.3) is 5.69 Å². The molecule has 0 bridgehead atoms. The monoisotopic (exact) mass is 334 g/mol. The fourth-order valence-electron chi connectivity index (χ4n) is 1.89. The van der Waals surface area contributed by atoms with Crippen LogP contribution in [0.4, 0.5) is 5.69 Å². The molecule has 0 radical (unpaired) electrons. The van der Waals surface area contributed by atoms with Crippen molar-refractivity contribution in [2.45, 2.75) is 19.9 Å². The summed E-state index contributed by atoms with van der Waals surface area (Å²) in [6, 6.07) is 1.18. The molecule has 124 valence electrons. The topological polar surface area (TPSA) is 125 Å². The Hall–Kier alpha value is -2.06. The molecule has 0 unspecified atom stereocenters. The number of phenolic OH excluding ortho intramolecular Hbond substituents is 1. The highest BCUT2D eigenvalue weighted by Gasteiger charge is 2.39. The van der Waals surface area contributed by atoms with Crippen molar-refractivity contribution < 1.29 is 24.3 Å². The second-order valence-electron chi connectivity index (χ2n) is 5.03. The molecule has 0 aliphatic rings. The number of aromatic hydroxyl groups is 1. The zero-order valence-corrected chi connectivity index (χ0v) is 13.5. The van der Waals surface area contributed by atoms with Gasteiger partial charge in [0.2, 0.25) is 0 Å². The first-order valence-corrected chi connectivity index (χ1v) is 6.06. The zero-order valence-electron chi connectivity index (χ0n) is 12.7. The van der Waals surface area contributed by atoms with Gasteiger partial charge in [0.15, 0.2) is 11.5 Å². The van der Waals surface area contributed by atoms with Crippen LogP contribution in [0.5, 0.6) is 11.5 Å². The van der Waals surface area contributed by atoms with Crippen LogP contribution in [0.3, 0.4) is 0 Å². The van der Waals surface area contributed by atoms with Crippen LogP contribution in [-0.2, 0) is 9.53 Å².